The number of carbonyl (C=O) groups excluding carboxylic acids is 1. The van der Waals surface area contributed by atoms with Crippen LogP contribution < -0.4 is 10.1 Å². The molecule has 1 unspecified atom stereocenters. The van der Waals surface area contributed by atoms with Crippen LogP contribution in [0.5, 0.6) is 5.75 Å². The summed E-state index contributed by atoms with van der Waals surface area (Å²) in [5, 5.41) is 13.1. The van der Waals surface area contributed by atoms with Crippen LogP contribution in [0.4, 0.5) is 0 Å². The summed E-state index contributed by atoms with van der Waals surface area (Å²) >= 11 is 5.96. The normalized spacial score (nSPS) is 11.7. The van der Waals surface area contributed by atoms with E-state index in [0.717, 1.165) is 5.56 Å². The van der Waals surface area contributed by atoms with Gasteiger partial charge in [-0.25, -0.2) is 0 Å². The molecule has 1 amide bonds. The summed E-state index contributed by atoms with van der Waals surface area (Å²) in [5.41, 5.74) is 1.04. The van der Waals surface area contributed by atoms with Crippen LogP contribution in [0, 0.1) is 0 Å². The number of ether oxygens (including phenoxy) is 1. The molecule has 0 fully saturated rings. The van der Waals surface area contributed by atoms with Gasteiger partial charge in [0.25, 0.3) is 0 Å². The van der Waals surface area contributed by atoms with Crippen molar-refractivity contribution in [3.63, 3.8) is 0 Å². The lowest BCUT2D eigenvalue weighted by molar-refractivity contribution is -0.122. The monoisotopic (exact) mass is 333 g/mol. The third kappa shape index (κ3) is 6.30. The van der Waals surface area contributed by atoms with E-state index in [0.29, 0.717) is 17.2 Å². The van der Waals surface area contributed by atoms with Gasteiger partial charge in [-0.2, -0.15) is 0 Å². The van der Waals surface area contributed by atoms with Crippen LogP contribution in [0.25, 0.3) is 0 Å². The first kappa shape index (κ1) is 17.3. The van der Waals surface area contributed by atoms with Crippen LogP contribution >= 0.6 is 11.6 Å². The summed E-state index contributed by atoms with van der Waals surface area (Å²) < 4.78 is 5.45. The topological polar surface area (TPSA) is 58.6 Å². The first-order valence-electron chi connectivity index (χ1n) is 7.51. The zero-order chi connectivity index (χ0) is 16.5. The molecule has 2 aromatic rings. The fourth-order valence-corrected chi connectivity index (χ4v) is 2.28. The SMILES string of the molecule is O=C(CCOc1ccccc1Cl)NCC(O)Cc1ccccc1. The number of hydrogen-bond acceptors (Lipinski definition) is 3. The van der Waals surface area contributed by atoms with Gasteiger partial charge in [0.1, 0.15) is 5.75 Å². The number of hydrogen-bond donors (Lipinski definition) is 2. The fourth-order valence-electron chi connectivity index (χ4n) is 2.09. The number of nitrogens with one attached hydrogen (secondary N) is 1. The molecule has 0 spiro atoms. The standard InChI is InChI=1S/C18H20ClNO3/c19-16-8-4-5-9-17(16)23-11-10-18(22)20-13-15(21)12-14-6-2-1-3-7-14/h1-9,15,21H,10-13H2,(H,20,22). The lowest BCUT2D eigenvalue weighted by Gasteiger charge is -2.12. The molecule has 2 N–H and O–H groups in total. The lowest BCUT2D eigenvalue weighted by Crippen LogP contribution is -2.33. The molecule has 0 aliphatic rings. The van der Waals surface area contributed by atoms with Crippen molar-refractivity contribution in [3.8, 4) is 5.75 Å². The van der Waals surface area contributed by atoms with Gasteiger partial charge in [0, 0.05) is 13.0 Å². The van der Waals surface area contributed by atoms with Gasteiger partial charge in [0.05, 0.1) is 24.2 Å². The van der Waals surface area contributed by atoms with Gasteiger partial charge in [-0.1, -0.05) is 54.1 Å². The molecule has 0 aliphatic carbocycles. The number of benzene rings is 2. The van der Waals surface area contributed by atoms with Crippen molar-refractivity contribution in [3.05, 3.63) is 65.2 Å². The Bertz CT molecular complexity index is 619. The molecule has 0 aliphatic heterocycles. The minimum absolute atomic E-state index is 0.163. The largest absolute Gasteiger partial charge is 0.491 e. The Morgan fingerprint density at radius 3 is 2.57 bits per heavy atom. The summed E-state index contributed by atoms with van der Waals surface area (Å²) in [6.07, 6.45) is 0.117. The second-order valence-corrected chi connectivity index (χ2v) is 5.58. The van der Waals surface area contributed by atoms with Crippen molar-refractivity contribution in [2.24, 2.45) is 0 Å². The molecule has 2 aromatic carbocycles. The molecule has 122 valence electrons. The molecule has 5 heteroatoms. The van der Waals surface area contributed by atoms with Gasteiger partial charge in [-0.3, -0.25) is 4.79 Å². The predicted molar refractivity (Wildman–Crippen MR) is 90.7 cm³/mol. The van der Waals surface area contributed by atoms with E-state index in [9.17, 15) is 9.90 Å². The number of para-hydroxylation sites is 1. The van der Waals surface area contributed by atoms with E-state index < -0.39 is 6.10 Å². The van der Waals surface area contributed by atoms with Gasteiger partial charge >= 0.3 is 0 Å². The van der Waals surface area contributed by atoms with E-state index >= 15 is 0 Å². The van der Waals surface area contributed by atoms with Crippen molar-refractivity contribution in [2.45, 2.75) is 18.9 Å². The Balaban J connectivity index is 1.64. The van der Waals surface area contributed by atoms with Crippen molar-refractivity contribution < 1.29 is 14.6 Å². The van der Waals surface area contributed by atoms with Crippen molar-refractivity contribution in [1.82, 2.24) is 5.32 Å². The highest BCUT2D eigenvalue weighted by Crippen LogP contribution is 2.22. The fraction of sp³-hybridized carbons (Fsp3) is 0.278. The molecule has 23 heavy (non-hydrogen) atoms. The number of carbonyl (C=O) groups is 1. The number of halogens is 1. The summed E-state index contributed by atoms with van der Waals surface area (Å²) in [6.45, 7) is 0.462. The molecule has 0 aromatic heterocycles. The highest BCUT2D eigenvalue weighted by molar-refractivity contribution is 6.32. The highest BCUT2D eigenvalue weighted by atomic mass is 35.5. The molecule has 1 atom stereocenters. The number of amides is 1. The third-order valence-electron chi connectivity index (χ3n) is 3.27. The second kappa shape index (κ2) is 9.18. The van der Waals surface area contributed by atoms with Crippen LogP contribution in [0.1, 0.15) is 12.0 Å². The van der Waals surface area contributed by atoms with Crippen LogP contribution in [0.3, 0.4) is 0 Å². The van der Waals surface area contributed by atoms with Gasteiger partial charge in [0.15, 0.2) is 0 Å². The zero-order valence-corrected chi connectivity index (χ0v) is 13.5. The molecule has 0 saturated carbocycles. The summed E-state index contributed by atoms with van der Waals surface area (Å²) in [4.78, 5) is 11.7. The average Bonchev–Trinajstić information content (AvgIpc) is 2.56. The van der Waals surface area contributed by atoms with Crippen molar-refractivity contribution in [1.29, 1.82) is 0 Å². The Kier molecular flexibility index (Phi) is 6.91. The van der Waals surface area contributed by atoms with Crippen molar-refractivity contribution >= 4 is 17.5 Å². The Labute approximate surface area is 141 Å². The lowest BCUT2D eigenvalue weighted by atomic mass is 10.1. The molecule has 0 heterocycles. The van der Waals surface area contributed by atoms with Crippen LogP contribution in [0.2, 0.25) is 5.02 Å². The molecule has 2 rings (SSSR count). The molecular formula is C18H20ClNO3. The van der Waals surface area contributed by atoms with Gasteiger partial charge < -0.3 is 15.2 Å². The maximum absolute atomic E-state index is 11.7. The van der Waals surface area contributed by atoms with E-state index in [1.165, 1.54) is 0 Å². The van der Waals surface area contributed by atoms with Crippen molar-refractivity contribution in [2.75, 3.05) is 13.2 Å². The molecule has 0 saturated heterocycles. The minimum atomic E-state index is -0.606. The summed E-state index contributed by atoms with van der Waals surface area (Å²) in [6, 6.07) is 16.8. The summed E-state index contributed by atoms with van der Waals surface area (Å²) in [5.74, 6) is 0.398. The second-order valence-electron chi connectivity index (χ2n) is 5.18. The number of aliphatic hydroxyl groups excluding tert-OH is 1. The zero-order valence-electron chi connectivity index (χ0n) is 12.7. The molecule has 4 nitrogen and oxygen atoms in total. The Hall–Kier alpha value is -2.04. The van der Waals surface area contributed by atoms with E-state index in [1.807, 2.05) is 42.5 Å². The molecular weight excluding hydrogens is 314 g/mol. The van der Waals surface area contributed by atoms with Crippen LogP contribution in [0.15, 0.2) is 54.6 Å². The Morgan fingerprint density at radius 1 is 1.13 bits per heavy atom. The van der Waals surface area contributed by atoms with Gasteiger partial charge in [-0.05, 0) is 17.7 Å². The summed E-state index contributed by atoms with van der Waals surface area (Å²) in [7, 11) is 0. The smallest absolute Gasteiger partial charge is 0.223 e. The van der Waals surface area contributed by atoms with Crippen LogP contribution in [-0.4, -0.2) is 30.3 Å². The van der Waals surface area contributed by atoms with E-state index in [1.54, 1.807) is 12.1 Å². The first-order chi connectivity index (χ1) is 11.1. The maximum atomic E-state index is 11.7. The van der Waals surface area contributed by atoms with Gasteiger partial charge in [-0.15, -0.1) is 0 Å². The van der Waals surface area contributed by atoms with E-state index in [2.05, 4.69) is 5.32 Å². The molecule has 0 bridgehead atoms. The van der Waals surface area contributed by atoms with Gasteiger partial charge in [0.2, 0.25) is 5.91 Å². The maximum Gasteiger partial charge on any atom is 0.223 e. The molecule has 0 radical (unpaired) electrons. The first-order valence-corrected chi connectivity index (χ1v) is 7.89. The number of rotatable bonds is 8. The predicted octanol–water partition coefficient (Wildman–Crippen LogP) is 2.83. The quantitative estimate of drug-likeness (QED) is 0.781. The minimum Gasteiger partial charge on any atom is -0.491 e. The highest BCUT2D eigenvalue weighted by Gasteiger charge is 2.08. The third-order valence-corrected chi connectivity index (χ3v) is 3.58. The number of aliphatic hydroxyl groups is 1. The van der Waals surface area contributed by atoms with Crippen LogP contribution in [-0.2, 0) is 11.2 Å². The van der Waals surface area contributed by atoms with E-state index in [4.69, 9.17) is 16.3 Å². The van der Waals surface area contributed by atoms with E-state index in [-0.39, 0.29) is 25.5 Å². The average molecular weight is 334 g/mol. The Morgan fingerprint density at radius 2 is 1.83 bits per heavy atom.